The predicted octanol–water partition coefficient (Wildman–Crippen LogP) is 29.4. The molecule has 0 aliphatic rings. The van der Waals surface area contributed by atoms with Crippen molar-refractivity contribution in [1.29, 1.82) is 0 Å². The van der Waals surface area contributed by atoms with Crippen LogP contribution in [0.4, 0.5) is 0 Å². The van der Waals surface area contributed by atoms with Crippen LogP contribution in [0.25, 0.3) is 0 Å². The first-order valence-corrected chi connectivity index (χ1v) is 51.5. The highest BCUT2D eigenvalue weighted by molar-refractivity contribution is 7.47. The van der Waals surface area contributed by atoms with Crippen LogP contribution in [0.5, 0.6) is 0 Å². The summed E-state index contributed by atoms with van der Waals surface area (Å²) in [5, 5.41) is 10.7. The molecule has 0 spiro atoms. The first-order valence-electron chi connectivity index (χ1n) is 48.5. The molecule has 0 aliphatic carbocycles. The van der Waals surface area contributed by atoms with Gasteiger partial charge in [0.15, 0.2) is 12.2 Å². The lowest BCUT2D eigenvalue weighted by atomic mass is 10.0. The lowest BCUT2D eigenvalue weighted by Crippen LogP contribution is -2.30. The third-order valence-corrected chi connectivity index (χ3v) is 24.1. The zero-order valence-corrected chi connectivity index (χ0v) is 76.5. The molecule has 0 rings (SSSR count). The van der Waals surface area contributed by atoms with Crippen molar-refractivity contribution in [2.24, 2.45) is 11.8 Å². The van der Waals surface area contributed by atoms with E-state index in [-0.39, 0.29) is 25.7 Å². The van der Waals surface area contributed by atoms with Crippen molar-refractivity contribution in [3.05, 3.63) is 0 Å². The van der Waals surface area contributed by atoms with Gasteiger partial charge < -0.3 is 33.8 Å². The van der Waals surface area contributed by atoms with E-state index in [0.717, 1.165) is 102 Å². The molecular weight excluding hydrogens is 1460 g/mol. The van der Waals surface area contributed by atoms with Gasteiger partial charge in [0.25, 0.3) is 0 Å². The van der Waals surface area contributed by atoms with Crippen molar-refractivity contribution in [3.8, 4) is 0 Å². The van der Waals surface area contributed by atoms with Crippen LogP contribution >= 0.6 is 15.6 Å². The molecule has 0 aromatic heterocycles. The molecule has 17 nitrogen and oxygen atoms in total. The van der Waals surface area contributed by atoms with E-state index < -0.39 is 97.5 Å². The first-order chi connectivity index (χ1) is 54.9. The number of unbranched alkanes of at least 4 members (excludes halogenated alkanes) is 63. The fraction of sp³-hybridized carbons (Fsp3) is 0.957. The Balaban J connectivity index is 5.24. The van der Waals surface area contributed by atoms with Crippen molar-refractivity contribution < 1.29 is 80.2 Å². The van der Waals surface area contributed by atoms with Gasteiger partial charge in [-0.1, -0.05) is 459 Å². The van der Waals surface area contributed by atoms with Gasteiger partial charge in [-0.05, 0) is 37.5 Å². The Morgan fingerprint density at radius 3 is 0.602 bits per heavy atom. The summed E-state index contributed by atoms with van der Waals surface area (Å²) >= 11 is 0. The number of hydrogen-bond acceptors (Lipinski definition) is 15. The summed E-state index contributed by atoms with van der Waals surface area (Å²) in [6, 6.07) is 0. The van der Waals surface area contributed by atoms with Gasteiger partial charge in [-0.25, -0.2) is 9.13 Å². The lowest BCUT2D eigenvalue weighted by Gasteiger charge is -2.21. The van der Waals surface area contributed by atoms with Crippen LogP contribution in [-0.4, -0.2) is 96.7 Å². The minimum absolute atomic E-state index is 0.109. The predicted molar refractivity (Wildman–Crippen MR) is 469 cm³/mol. The number of aliphatic hydroxyl groups is 1. The summed E-state index contributed by atoms with van der Waals surface area (Å²) in [5.41, 5.74) is 0. The SMILES string of the molecule is CCCCCCCCCCCCCCCCCCCCCC(=O)O[C@H](COC(=O)CCCCCCCCCCCCCC)COP(=O)(O)OC[C@H](O)COP(=O)(O)OC[C@@H](COC(=O)CCCCCCCCCCCCCCCCCCCCC(C)C)OC(=O)CCCCCCCCCCCCCCCCCCCCC(C)C. The Hall–Kier alpha value is -1.94. The molecule has 0 amide bonds. The average molecular weight is 1650 g/mol. The molecule has 0 aromatic carbocycles. The van der Waals surface area contributed by atoms with Crippen LogP contribution in [0.2, 0.25) is 0 Å². The smallest absolute Gasteiger partial charge is 0.462 e. The molecule has 0 saturated carbocycles. The number of carbonyl (C=O) groups excluding carboxylic acids is 4. The van der Waals surface area contributed by atoms with Gasteiger partial charge in [0.1, 0.15) is 19.3 Å². The maximum Gasteiger partial charge on any atom is 0.472 e. The Kier molecular flexibility index (Phi) is 83.6. The molecule has 5 atom stereocenters. The van der Waals surface area contributed by atoms with Gasteiger partial charge in [-0.15, -0.1) is 0 Å². The second kappa shape index (κ2) is 85.1. The molecule has 0 aromatic rings. The second-order valence-electron chi connectivity index (χ2n) is 34.7. The number of phosphoric acid groups is 2. The number of carbonyl (C=O) groups is 4. The van der Waals surface area contributed by atoms with Crippen LogP contribution in [0, 0.1) is 11.8 Å². The van der Waals surface area contributed by atoms with Crippen molar-refractivity contribution in [3.63, 3.8) is 0 Å². The minimum Gasteiger partial charge on any atom is -0.462 e. The van der Waals surface area contributed by atoms with E-state index in [1.165, 1.54) is 327 Å². The summed E-state index contributed by atoms with van der Waals surface area (Å²) in [7, 11) is -9.94. The van der Waals surface area contributed by atoms with E-state index >= 15 is 0 Å². The Bertz CT molecular complexity index is 2150. The molecule has 2 unspecified atom stereocenters. The summed E-state index contributed by atoms with van der Waals surface area (Å²) in [5.74, 6) is -0.447. The summed E-state index contributed by atoms with van der Waals surface area (Å²) in [4.78, 5) is 73.5. The maximum absolute atomic E-state index is 13.2. The zero-order valence-electron chi connectivity index (χ0n) is 74.7. The number of hydrogen-bond donors (Lipinski definition) is 3. The standard InChI is InChI=1S/C94H184O17P2/c1-7-9-11-13-15-17-19-21-22-23-24-32-37-42-48-54-60-66-72-78-93(98)110-89(82-104-91(96)76-70-64-58-52-46-20-18-16-14-12-10-8-2)84-108-112(100,101)106-80-88(95)81-107-113(102,103)109-85-90(111-94(99)79-73-67-61-55-49-43-38-33-28-26-30-35-40-45-51-57-63-69-75-87(5)6)83-105-92(97)77-71-65-59-53-47-41-36-31-27-25-29-34-39-44-50-56-62-68-74-86(3)4/h86-90,95H,7-85H2,1-6H3,(H,100,101)(H,102,103)/t88-,89+,90+/m0/s1. The van der Waals surface area contributed by atoms with E-state index in [2.05, 4.69) is 41.5 Å². The Labute approximate surface area is 696 Å². The number of aliphatic hydroxyl groups excluding tert-OH is 1. The van der Waals surface area contributed by atoms with Gasteiger partial charge >= 0.3 is 39.5 Å². The molecular formula is C94H184O17P2. The van der Waals surface area contributed by atoms with Gasteiger partial charge in [-0.3, -0.25) is 37.3 Å². The number of esters is 4. The fourth-order valence-electron chi connectivity index (χ4n) is 14.8. The van der Waals surface area contributed by atoms with Crippen molar-refractivity contribution in [1.82, 2.24) is 0 Å². The monoisotopic (exact) mass is 1650 g/mol. The molecule has 0 heterocycles. The minimum atomic E-state index is -4.97. The highest BCUT2D eigenvalue weighted by Crippen LogP contribution is 2.45. The molecule has 0 saturated heterocycles. The molecule has 0 aliphatic heterocycles. The van der Waals surface area contributed by atoms with Crippen LogP contribution in [0.15, 0.2) is 0 Å². The highest BCUT2D eigenvalue weighted by Gasteiger charge is 2.31. The normalized spacial score (nSPS) is 13.7. The summed E-state index contributed by atoms with van der Waals surface area (Å²) in [6.45, 7) is 9.80. The molecule has 0 radical (unpaired) electrons. The number of phosphoric ester groups is 2. The molecule has 3 N–H and O–H groups in total. The van der Waals surface area contributed by atoms with E-state index in [1.807, 2.05) is 0 Å². The van der Waals surface area contributed by atoms with Gasteiger partial charge in [0, 0.05) is 25.7 Å². The highest BCUT2D eigenvalue weighted by atomic mass is 31.2. The largest absolute Gasteiger partial charge is 0.472 e. The number of rotatable bonds is 93. The van der Waals surface area contributed by atoms with E-state index in [0.29, 0.717) is 25.7 Å². The second-order valence-corrected chi connectivity index (χ2v) is 37.6. The molecule has 0 fully saturated rings. The third kappa shape index (κ3) is 87.7. The van der Waals surface area contributed by atoms with E-state index in [9.17, 15) is 43.2 Å². The first kappa shape index (κ1) is 111. The van der Waals surface area contributed by atoms with Crippen LogP contribution < -0.4 is 0 Å². The molecule has 672 valence electrons. The summed E-state index contributed by atoms with van der Waals surface area (Å²) < 4.78 is 69.2. The van der Waals surface area contributed by atoms with Crippen LogP contribution in [0.1, 0.15) is 510 Å². The Morgan fingerprint density at radius 1 is 0.239 bits per heavy atom. The van der Waals surface area contributed by atoms with Gasteiger partial charge in [-0.2, -0.15) is 0 Å². The molecule has 113 heavy (non-hydrogen) atoms. The molecule has 19 heteroatoms. The van der Waals surface area contributed by atoms with Crippen LogP contribution in [0.3, 0.4) is 0 Å². The van der Waals surface area contributed by atoms with E-state index in [4.69, 9.17) is 37.0 Å². The van der Waals surface area contributed by atoms with Crippen molar-refractivity contribution in [2.75, 3.05) is 39.6 Å². The third-order valence-electron chi connectivity index (χ3n) is 22.2. The lowest BCUT2D eigenvalue weighted by molar-refractivity contribution is -0.161. The zero-order chi connectivity index (χ0) is 82.7. The molecule has 0 bridgehead atoms. The summed E-state index contributed by atoms with van der Waals surface area (Å²) in [6.07, 6.45) is 80.6. The number of ether oxygens (including phenoxy) is 4. The van der Waals surface area contributed by atoms with Crippen LogP contribution in [-0.2, 0) is 65.4 Å². The fourth-order valence-corrected chi connectivity index (χ4v) is 16.4. The average Bonchev–Trinajstić information content (AvgIpc) is 0.917. The Morgan fingerprint density at radius 2 is 0.407 bits per heavy atom. The quantitative estimate of drug-likeness (QED) is 0.0222. The maximum atomic E-state index is 13.2. The van der Waals surface area contributed by atoms with E-state index in [1.54, 1.807) is 0 Å². The van der Waals surface area contributed by atoms with Gasteiger partial charge in [0.05, 0.1) is 26.4 Å². The van der Waals surface area contributed by atoms with Gasteiger partial charge in [0.2, 0.25) is 0 Å². The van der Waals surface area contributed by atoms with Crippen molar-refractivity contribution >= 4 is 39.5 Å². The van der Waals surface area contributed by atoms with Crippen molar-refractivity contribution in [2.45, 2.75) is 529 Å². The topological polar surface area (TPSA) is 237 Å².